The summed E-state index contributed by atoms with van der Waals surface area (Å²) in [6, 6.07) is 1.12. The van der Waals surface area contributed by atoms with Gasteiger partial charge in [0.25, 0.3) is 11.5 Å². The fourth-order valence-electron chi connectivity index (χ4n) is 2.65. The van der Waals surface area contributed by atoms with Crippen LogP contribution in [0.5, 0.6) is 0 Å². The van der Waals surface area contributed by atoms with Crippen LogP contribution in [0.1, 0.15) is 38.2 Å². The molecule has 1 fully saturated rings. The topological polar surface area (TPSA) is 104 Å². The van der Waals surface area contributed by atoms with Gasteiger partial charge < -0.3 is 9.30 Å². The lowest BCUT2D eigenvalue weighted by atomic mass is 10.1. The van der Waals surface area contributed by atoms with Crippen LogP contribution in [0.25, 0.3) is 0 Å². The normalized spacial score (nSPS) is 20.1. The number of ether oxygens (including phenoxy) is 1. The highest BCUT2D eigenvalue weighted by atomic mass is 32.2. The molecule has 152 valence electrons. The van der Waals surface area contributed by atoms with Gasteiger partial charge in [-0.2, -0.15) is 0 Å². The Kier molecular flexibility index (Phi) is 6.77. The van der Waals surface area contributed by atoms with E-state index in [1.807, 2.05) is 0 Å². The van der Waals surface area contributed by atoms with Gasteiger partial charge in [-0.3, -0.25) is 9.59 Å². The van der Waals surface area contributed by atoms with Gasteiger partial charge in [-0.1, -0.05) is 0 Å². The molecule has 0 aliphatic carbocycles. The first-order chi connectivity index (χ1) is 12.5. The number of sulfone groups is 1. The first-order valence-electron chi connectivity index (χ1n) is 8.68. The zero-order chi connectivity index (χ0) is 20.2. The summed E-state index contributed by atoms with van der Waals surface area (Å²) in [5, 5.41) is 0. The van der Waals surface area contributed by atoms with Gasteiger partial charge in [-0.15, -0.1) is 0 Å². The predicted molar refractivity (Wildman–Crippen MR) is 96.1 cm³/mol. The van der Waals surface area contributed by atoms with E-state index in [-0.39, 0.29) is 18.5 Å². The quantitative estimate of drug-likeness (QED) is 0.682. The molecule has 1 aromatic rings. The maximum atomic E-state index is 13.7. The number of nitrogens with one attached hydrogen (secondary N) is 1. The number of hydrogen-bond donors (Lipinski definition) is 1. The Balaban J connectivity index is 2.12. The van der Waals surface area contributed by atoms with Crippen LogP contribution in [-0.2, 0) is 30.8 Å². The van der Waals surface area contributed by atoms with E-state index in [2.05, 4.69) is 5.48 Å². The summed E-state index contributed by atoms with van der Waals surface area (Å²) in [6.45, 7) is 3.07. The van der Waals surface area contributed by atoms with Crippen molar-refractivity contribution in [3.05, 3.63) is 34.0 Å². The van der Waals surface area contributed by atoms with E-state index in [1.165, 1.54) is 13.8 Å². The van der Waals surface area contributed by atoms with E-state index in [1.54, 1.807) is 0 Å². The Morgan fingerprint density at radius 1 is 1.48 bits per heavy atom. The maximum absolute atomic E-state index is 13.7. The minimum atomic E-state index is -3.86. The number of rotatable bonds is 7. The molecule has 27 heavy (non-hydrogen) atoms. The van der Waals surface area contributed by atoms with Gasteiger partial charge >= 0.3 is 0 Å². The summed E-state index contributed by atoms with van der Waals surface area (Å²) in [5.74, 6) is -1.45. The van der Waals surface area contributed by atoms with Crippen molar-refractivity contribution < 1.29 is 27.2 Å². The molecule has 2 atom stereocenters. The summed E-state index contributed by atoms with van der Waals surface area (Å²) < 4.78 is 42.7. The Morgan fingerprint density at radius 3 is 2.78 bits per heavy atom. The molecular formula is C17H25FN2O6S. The minimum Gasteiger partial charge on any atom is -0.350 e. The number of aromatic nitrogens is 1. The third-order valence-electron chi connectivity index (χ3n) is 4.82. The SMILES string of the molecule is Cc1cc(=O)n(CCC(C)(C(=O)NOC2CCCCO2)S(C)(=O)=O)cc1F. The van der Waals surface area contributed by atoms with Crippen LogP contribution in [0.3, 0.4) is 0 Å². The van der Waals surface area contributed by atoms with E-state index < -0.39 is 38.2 Å². The molecule has 8 nitrogen and oxygen atoms in total. The molecule has 2 heterocycles. The lowest BCUT2D eigenvalue weighted by Gasteiger charge is -2.28. The van der Waals surface area contributed by atoms with Crippen molar-refractivity contribution >= 4 is 15.7 Å². The molecule has 1 saturated heterocycles. The van der Waals surface area contributed by atoms with Gasteiger partial charge in [0.05, 0.1) is 0 Å². The van der Waals surface area contributed by atoms with Crippen molar-refractivity contribution in [3.8, 4) is 0 Å². The van der Waals surface area contributed by atoms with Crippen molar-refractivity contribution in [2.24, 2.45) is 0 Å². The number of pyridine rings is 1. The fourth-order valence-corrected chi connectivity index (χ4v) is 3.49. The first kappa shape index (κ1) is 21.5. The van der Waals surface area contributed by atoms with Crippen molar-refractivity contribution in [1.82, 2.24) is 10.0 Å². The number of nitrogens with zero attached hydrogens (tertiary/aromatic N) is 1. The summed E-state index contributed by atoms with van der Waals surface area (Å²) >= 11 is 0. The van der Waals surface area contributed by atoms with E-state index in [4.69, 9.17) is 9.57 Å². The number of amides is 1. The Hall–Kier alpha value is -1.78. The highest BCUT2D eigenvalue weighted by Gasteiger charge is 2.44. The minimum absolute atomic E-state index is 0.146. The smallest absolute Gasteiger partial charge is 0.264 e. The van der Waals surface area contributed by atoms with Crippen molar-refractivity contribution in [2.75, 3.05) is 12.9 Å². The number of hydroxylamine groups is 1. The summed E-state index contributed by atoms with van der Waals surface area (Å²) in [4.78, 5) is 29.7. The molecule has 1 amide bonds. The van der Waals surface area contributed by atoms with Gasteiger partial charge in [0.2, 0.25) is 0 Å². The summed E-state index contributed by atoms with van der Waals surface area (Å²) in [5.41, 5.74) is 1.89. The lowest BCUT2D eigenvalue weighted by Crippen LogP contribution is -2.51. The molecule has 0 radical (unpaired) electrons. The number of aryl methyl sites for hydroxylation is 2. The zero-order valence-corrected chi connectivity index (χ0v) is 16.5. The molecule has 1 aliphatic heterocycles. The molecule has 0 aromatic carbocycles. The van der Waals surface area contributed by atoms with Crippen LogP contribution in [0, 0.1) is 12.7 Å². The van der Waals surface area contributed by atoms with E-state index in [0.29, 0.717) is 13.0 Å². The van der Waals surface area contributed by atoms with Crippen LogP contribution in [0.15, 0.2) is 17.1 Å². The zero-order valence-electron chi connectivity index (χ0n) is 15.7. The molecule has 2 rings (SSSR count). The predicted octanol–water partition coefficient (Wildman–Crippen LogP) is 1.06. The van der Waals surface area contributed by atoms with Gasteiger partial charge in [0, 0.05) is 38.1 Å². The average molecular weight is 404 g/mol. The van der Waals surface area contributed by atoms with Gasteiger partial charge in [0.15, 0.2) is 20.9 Å². The second kappa shape index (κ2) is 8.49. The van der Waals surface area contributed by atoms with E-state index >= 15 is 0 Å². The number of carbonyl (C=O) groups excluding carboxylic acids is 1. The average Bonchev–Trinajstić information content (AvgIpc) is 2.61. The van der Waals surface area contributed by atoms with E-state index in [0.717, 1.165) is 35.9 Å². The molecule has 10 heteroatoms. The Morgan fingerprint density at radius 2 is 2.19 bits per heavy atom. The van der Waals surface area contributed by atoms with Crippen LogP contribution in [0.2, 0.25) is 0 Å². The second-order valence-electron chi connectivity index (χ2n) is 6.93. The van der Waals surface area contributed by atoms with Crippen LogP contribution in [0.4, 0.5) is 4.39 Å². The largest absolute Gasteiger partial charge is 0.350 e. The second-order valence-corrected chi connectivity index (χ2v) is 9.38. The maximum Gasteiger partial charge on any atom is 0.264 e. The number of halogens is 1. The molecule has 2 unspecified atom stereocenters. The highest BCUT2D eigenvalue weighted by Crippen LogP contribution is 2.23. The molecular weight excluding hydrogens is 379 g/mol. The molecule has 1 aromatic heterocycles. The van der Waals surface area contributed by atoms with Crippen molar-refractivity contribution in [2.45, 2.75) is 57.1 Å². The van der Waals surface area contributed by atoms with Crippen LogP contribution in [-0.4, -0.2) is 42.8 Å². The standard InChI is InChI=1S/C17H25FN2O6S/c1-12-10-14(21)20(11-13(12)18)8-7-17(2,27(3,23)24)16(22)19-26-15-6-4-5-9-25-15/h10-11,15H,4-9H2,1-3H3,(H,19,22). The van der Waals surface area contributed by atoms with Crippen molar-refractivity contribution in [3.63, 3.8) is 0 Å². The number of hydrogen-bond acceptors (Lipinski definition) is 6. The third kappa shape index (κ3) is 5.14. The van der Waals surface area contributed by atoms with Crippen LogP contribution >= 0.6 is 0 Å². The van der Waals surface area contributed by atoms with Gasteiger partial charge in [-0.05, 0) is 38.7 Å². The number of carbonyl (C=O) groups is 1. The first-order valence-corrected chi connectivity index (χ1v) is 10.6. The molecule has 0 spiro atoms. The summed E-state index contributed by atoms with van der Waals surface area (Å²) in [6.07, 6.45) is 3.46. The highest BCUT2D eigenvalue weighted by molar-refractivity contribution is 7.92. The van der Waals surface area contributed by atoms with Gasteiger partial charge in [-0.25, -0.2) is 23.1 Å². The van der Waals surface area contributed by atoms with Crippen LogP contribution < -0.4 is 11.0 Å². The fraction of sp³-hybridized carbons (Fsp3) is 0.647. The van der Waals surface area contributed by atoms with Crippen molar-refractivity contribution in [1.29, 1.82) is 0 Å². The van der Waals surface area contributed by atoms with Gasteiger partial charge in [0.1, 0.15) is 5.82 Å². The monoisotopic (exact) mass is 404 g/mol. The Bertz CT molecular complexity index is 847. The molecule has 1 N–H and O–H groups in total. The molecule has 0 saturated carbocycles. The summed E-state index contributed by atoms with van der Waals surface area (Å²) in [7, 11) is -3.86. The third-order valence-corrected chi connectivity index (χ3v) is 6.84. The molecule has 0 bridgehead atoms. The Labute approximate surface area is 157 Å². The lowest BCUT2D eigenvalue weighted by molar-refractivity contribution is -0.201. The van der Waals surface area contributed by atoms with E-state index in [9.17, 15) is 22.4 Å². The molecule has 1 aliphatic rings.